The average molecular weight is 228 g/mol. The van der Waals surface area contributed by atoms with Crippen molar-refractivity contribution < 1.29 is 9.53 Å². The zero-order chi connectivity index (χ0) is 12.2. The van der Waals surface area contributed by atoms with Gasteiger partial charge in [0.2, 0.25) is 0 Å². The van der Waals surface area contributed by atoms with Gasteiger partial charge in [0.15, 0.2) is 0 Å². The predicted octanol–water partition coefficient (Wildman–Crippen LogP) is 1.05. The molecular formula is C12H24N2O2. The number of hydrogen-bond acceptors (Lipinski definition) is 4. The van der Waals surface area contributed by atoms with Gasteiger partial charge < -0.3 is 15.8 Å². The molecule has 16 heavy (non-hydrogen) atoms. The highest BCUT2D eigenvalue weighted by atomic mass is 16.5. The lowest BCUT2D eigenvalue weighted by Gasteiger charge is -2.37. The van der Waals surface area contributed by atoms with Gasteiger partial charge in [0.05, 0.1) is 7.11 Å². The van der Waals surface area contributed by atoms with Crippen LogP contribution >= 0.6 is 0 Å². The quantitative estimate of drug-likeness (QED) is 0.706. The SMILES string of the molecule is COC(=O)C(C)NC1CCC(C)(CN)CC1. The van der Waals surface area contributed by atoms with E-state index in [-0.39, 0.29) is 12.0 Å². The van der Waals surface area contributed by atoms with Crippen molar-refractivity contribution in [3.63, 3.8) is 0 Å². The van der Waals surface area contributed by atoms with Crippen molar-refractivity contribution in [2.24, 2.45) is 11.1 Å². The summed E-state index contributed by atoms with van der Waals surface area (Å²) in [6.45, 7) is 4.85. The fourth-order valence-corrected chi connectivity index (χ4v) is 2.28. The van der Waals surface area contributed by atoms with Gasteiger partial charge in [0, 0.05) is 6.04 Å². The first-order valence-corrected chi connectivity index (χ1v) is 6.05. The number of nitrogens with one attached hydrogen (secondary N) is 1. The Labute approximate surface area is 97.9 Å². The topological polar surface area (TPSA) is 64.3 Å². The molecule has 1 rings (SSSR count). The number of nitrogens with two attached hydrogens (primary N) is 1. The summed E-state index contributed by atoms with van der Waals surface area (Å²) in [5.41, 5.74) is 6.06. The summed E-state index contributed by atoms with van der Waals surface area (Å²) >= 11 is 0. The maximum Gasteiger partial charge on any atom is 0.322 e. The molecule has 0 bridgehead atoms. The van der Waals surface area contributed by atoms with Crippen LogP contribution in [-0.2, 0) is 9.53 Å². The van der Waals surface area contributed by atoms with E-state index in [0.29, 0.717) is 11.5 Å². The lowest BCUT2D eigenvalue weighted by molar-refractivity contribution is -0.142. The molecule has 0 aromatic heterocycles. The first-order valence-electron chi connectivity index (χ1n) is 6.05. The Kier molecular flexibility index (Phi) is 4.74. The zero-order valence-corrected chi connectivity index (χ0v) is 10.6. The number of esters is 1. The molecule has 0 amide bonds. The van der Waals surface area contributed by atoms with E-state index in [2.05, 4.69) is 12.2 Å². The second kappa shape index (κ2) is 5.64. The number of rotatable bonds is 4. The third-order valence-electron chi connectivity index (χ3n) is 3.73. The standard InChI is InChI=1S/C12H24N2O2/c1-9(11(15)16-3)14-10-4-6-12(2,8-13)7-5-10/h9-10,14H,4-8,13H2,1-3H3. The predicted molar refractivity (Wildman–Crippen MR) is 64.0 cm³/mol. The molecule has 0 heterocycles. The van der Waals surface area contributed by atoms with E-state index in [4.69, 9.17) is 10.5 Å². The van der Waals surface area contributed by atoms with Crippen molar-refractivity contribution in [2.45, 2.75) is 51.6 Å². The van der Waals surface area contributed by atoms with Crippen LogP contribution in [0.3, 0.4) is 0 Å². The molecule has 1 saturated carbocycles. The highest BCUT2D eigenvalue weighted by Crippen LogP contribution is 2.34. The molecule has 0 radical (unpaired) electrons. The van der Waals surface area contributed by atoms with Crippen LogP contribution in [-0.4, -0.2) is 31.7 Å². The molecule has 1 aliphatic carbocycles. The summed E-state index contributed by atoms with van der Waals surface area (Å²) in [7, 11) is 1.42. The van der Waals surface area contributed by atoms with Crippen LogP contribution in [0.5, 0.6) is 0 Å². The Morgan fingerprint density at radius 2 is 2.12 bits per heavy atom. The average Bonchev–Trinajstić information content (AvgIpc) is 2.31. The van der Waals surface area contributed by atoms with E-state index in [1.165, 1.54) is 7.11 Å². The number of carbonyl (C=O) groups is 1. The molecule has 3 N–H and O–H groups in total. The fraction of sp³-hybridized carbons (Fsp3) is 0.917. The van der Waals surface area contributed by atoms with E-state index in [9.17, 15) is 4.79 Å². The van der Waals surface area contributed by atoms with Crippen molar-refractivity contribution in [2.75, 3.05) is 13.7 Å². The molecule has 1 aliphatic rings. The maximum absolute atomic E-state index is 11.3. The number of carbonyl (C=O) groups excluding carboxylic acids is 1. The summed E-state index contributed by atoms with van der Waals surface area (Å²) in [5.74, 6) is -0.188. The van der Waals surface area contributed by atoms with Crippen LogP contribution in [0.15, 0.2) is 0 Å². The van der Waals surface area contributed by atoms with Crippen LogP contribution in [0.2, 0.25) is 0 Å². The number of hydrogen-bond donors (Lipinski definition) is 2. The molecule has 4 nitrogen and oxygen atoms in total. The summed E-state index contributed by atoms with van der Waals surface area (Å²) in [6.07, 6.45) is 4.45. The van der Waals surface area contributed by atoms with Gasteiger partial charge in [0.1, 0.15) is 6.04 Å². The van der Waals surface area contributed by atoms with Gasteiger partial charge in [-0.15, -0.1) is 0 Å². The Hall–Kier alpha value is -0.610. The van der Waals surface area contributed by atoms with Crippen molar-refractivity contribution >= 4 is 5.97 Å². The van der Waals surface area contributed by atoms with Crippen LogP contribution < -0.4 is 11.1 Å². The minimum absolute atomic E-state index is 0.188. The van der Waals surface area contributed by atoms with Gasteiger partial charge in [-0.05, 0) is 44.6 Å². The first-order chi connectivity index (χ1) is 7.50. The van der Waals surface area contributed by atoms with Gasteiger partial charge in [-0.2, -0.15) is 0 Å². The zero-order valence-electron chi connectivity index (χ0n) is 10.6. The van der Waals surface area contributed by atoms with Crippen LogP contribution in [0.4, 0.5) is 0 Å². The lowest BCUT2D eigenvalue weighted by Crippen LogP contribution is -2.45. The third-order valence-corrected chi connectivity index (χ3v) is 3.73. The summed E-state index contributed by atoms with van der Waals surface area (Å²) in [4.78, 5) is 11.3. The highest BCUT2D eigenvalue weighted by Gasteiger charge is 2.30. The molecule has 0 spiro atoms. The van der Waals surface area contributed by atoms with E-state index < -0.39 is 0 Å². The molecule has 94 valence electrons. The summed E-state index contributed by atoms with van der Waals surface area (Å²) < 4.78 is 4.69. The van der Waals surface area contributed by atoms with E-state index in [0.717, 1.165) is 32.2 Å². The largest absolute Gasteiger partial charge is 0.468 e. The highest BCUT2D eigenvalue weighted by molar-refractivity contribution is 5.75. The smallest absolute Gasteiger partial charge is 0.322 e. The number of methoxy groups -OCH3 is 1. The first kappa shape index (κ1) is 13.5. The van der Waals surface area contributed by atoms with Gasteiger partial charge in [-0.25, -0.2) is 0 Å². The van der Waals surface area contributed by atoms with Crippen LogP contribution in [0, 0.1) is 5.41 Å². The lowest BCUT2D eigenvalue weighted by atomic mass is 9.74. The Morgan fingerprint density at radius 3 is 2.56 bits per heavy atom. The molecule has 0 aromatic rings. The molecule has 1 fully saturated rings. The second-order valence-electron chi connectivity index (χ2n) is 5.20. The maximum atomic E-state index is 11.3. The molecule has 0 aliphatic heterocycles. The van der Waals surface area contributed by atoms with Crippen LogP contribution in [0.25, 0.3) is 0 Å². The van der Waals surface area contributed by atoms with Crippen molar-refractivity contribution in [1.29, 1.82) is 0 Å². The molecule has 4 heteroatoms. The Bertz CT molecular complexity index is 235. The van der Waals surface area contributed by atoms with Gasteiger partial charge in [-0.1, -0.05) is 6.92 Å². The molecular weight excluding hydrogens is 204 g/mol. The van der Waals surface area contributed by atoms with Crippen LogP contribution in [0.1, 0.15) is 39.5 Å². The summed E-state index contributed by atoms with van der Waals surface area (Å²) in [5, 5.41) is 3.32. The normalized spacial score (nSPS) is 32.1. The molecule has 1 atom stereocenters. The Morgan fingerprint density at radius 1 is 1.56 bits per heavy atom. The third kappa shape index (κ3) is 3.46. The van der Waals surface area contributed by atoms with Crippen molar-refractivity contribution in [1.82, 2.24) is 5.32 Å². The Balaban J connectivity index is 2.35. The van der Waals surface area contributed by atoms with Gasteiger partial charge in [-0.3, -0.25) is 4.79 Å². The molecule has 1 unspecified atom stereocenters. The van der Waals surface area contributed by atoms with Crippen molar-refractivity contribution in [3.05, 3.63) is 0 Å². The molecule has 0 aromatic carbocycles. The number of ether oxygens (including phenoxy) is 1. The van der Waals surface area contributed by atoms with Gasteiger partial charge >= 0.3 is 5.97 Å². The minimum Gasteiger partial charge on any atom is -0.468 e. The monoisotopic (exact) mass is 228 g/mol. The van der Waals surface area contributed by atoms with E-state index in [1.54, 1.807) is 0 Å². The second-order valence-corrected chi connectivity index (χ2v) is 5.20. The minimum atomic E-state index is -0.211. The summed E-state index contributed by atoms with van der Waals surface area (Å²) in [6, 6.07) is 0.214. The fourth-order valence-electron chi connectivity index (χ4n) is 2.28. The molecule has 0 saturated heterocycles. The van der Waals surface area contributed by atoms with Gasteiger partial charge in [0.25, 0.3) is 0 Å². The van der Waals surface area contributed by atoms with E-state index >= 15 is 0 Å². The van der Waals surface area contributed by atoms with Crippen molar-refractivity contribution in [3.8, 4) is 0 Å². The van der Waals surface area contributed by atoms with E-state index in [1.807, 2.05) is 6.92 Å².